The minimum absolute atomic E-state index is 0.171. The number of fused-ring (bicyclic) bond motifs is 1. The summed E-state index contributed by atoms with van der Waals surface area (Å²) in [5, 5.41) is 2.86. The Morgan fingerprint density at radius 1 is 1.11 bits per heavy atom. The van der Waals surface area contributed by atoms with Crippen LogP contribution < -0.4 is 5.32 Å². The first-order valence-electron chi connectivity index (χ1n) is 9.32. The molecule has 2 aromatic rings. The fourth-order valence-corrected chi connectivity index (χ4v) is 4.76. The zero-order chi connectivity index (χ0) is 19.7. The van der Waals surface area contributed by atoms with Crippen molar-refractivity contribution in [2.45, 2.75) is 23.1 Å². The first kappa shape index (κ1) is 19.0. The van der Waals surface area contributed by atoms with Crippen LogP contribution in [0.5, 0.6) is 0 Å². The average molecular weight is 399 g/mol. The van der Waals surface area contributed by atoms with Crippen molar-refractivity contribution >= 4 is 29.3 Å². The number of thioether (sulfide) groups is 1. The molecule has 1 N–H and O–H groups in total. The fraction of sp³-hybridized carbons (Fsp3) is 0.333. The third kappa shape index (κ3) is 3.52. The van der Waals surface area contributed by atoms with E-state index in [2.05, 4.69) is 10.2 Å². The van der Waals surface area contributed by atoms with E-state index in [1.165, 1.54) is 17.8 Å². The predicted molar refractivity (Wildman–Crippen MR) is 108 cm³/mol. The average Bonchev–Trinajstić information content (AvgIpc) is 2.70. The van der Waals surface area contributed by atoms with Gasteiger partial charge in [0.2, 0.25) is 11.8 Å². The van der Waals surface area contributed by atoms with E-state index < -0.39 is 4.75 Å². The summed E-state index contributed by atoms with van der Waals surface area (Å²) in [6.45, 7) is 4.57. The molecule has 1 fully saturated rings. The van der Waals surface area contributed by atoms with Crippen molar-refractivity contribution < 1.29 is 14.0 Å². The predicted octanol–water partition coefficient (Wildman–Crippen LogP) is 2.97. The number of carbonyl (C=O) groups is 2. The van der Waals surface area contributed by atoms with Crippen LogP contribution in [-0.4, -0.2) is 52.5 Å². The largest absolute Gasteiger partial charge is 0.338 e. The minimum Gasteiger partial charge on any atom is -0.338 e. The van der Waals surface area contributed by atoms with Crippen molar-refractivity contribution in [3.8, 4) is 0 Å². The molecule has 2 amide bonds. The van der Waals surface area contributed by atoms with Gasteiger partial charge in [0.25, 0.3) is 0 Å². The van der Waals surface area contributed by atoms with Crippen LogP contribution in [0, 0.1) is 5.82 Å². The monoisotopic (exact) mass is 399 g/mol. The molecular weight excluding hydrogens is 377 g/mol. The fourth-order valence-electron chi connectivity index (χ4n) is 3.59. The molecule has 5 nitrogen and oxygen atoms in total. The van der Waals surface area contributed by atoms with E-state index in [9.17, 15) is 14.0 Å². The van der Waals surface area contributed by atoms with Gasteiger partial charge in [-0.15, -0.1) is 0 Å². The van der Waals surface area contributed by atoms with Gasteiger partial charge in [-0.2, -0.15) is 0 Å². The van der Waals surface area contributed by atoms with Crippen LogP contribution in [0.3, 0.4) is 0 Å². The van der Waals surface area contributed by atoms with Gasteiger partial charge >= 0.3 is 0 Å². The van der Waals surface area contributed by atoms with Crippen molar-refractivity contribution in [3.63, 3.8) is 0 Å². The number of hydrogen-bond donors (Lipinski definition) is 1. The number of amides is 2. The Morgan fingerprint density at radius 3 is 2.54 bits per heavy atom. The highest BCUT2D eigenvalue weighted by molar-refractivity contribution is 8.02. The number of nitrogens with one attached hydrogen (secondary N) is 1. The Morgan fingerprint density at radius 2 is 1.79 bits per heavy atom. The Bertz CT molecular complexity index is 914. The molecule has 7 heteroatoms. The van der Waals surface area contributed by atoms with E-state index in [-0.39, 0.29) is 17.6 Å². The Balaban J connectivity index is 1.41. The Hall–Kier alpha value is -2.38. The molecule has 0 spiro atoms. The second-order valence-corrected chi connectivity index (χ2v) is 8.71. The van der Waals surface area contributed by atoms with E-state index in [1.54, 1.807) is 24.0 Å². The van der Waals surface area contributed by atoms with Crippen molar-refractivity contribution in [2.24, 2.45) is 0 Å². The lowest BCUT2D eigenvalue weighted by molar-refractivity contribution is -0.139. The lowest BCUT2D eigenvalue weighted by Gasteiger charge is -2.40. The maximum atomic E-state index is 13.9. The topological polar surface area (TPSA) is 52.7 Å². The molecule has 4 rings (SSSR count). The summed E-state index contributed by atoms with van der Waals surface area (Å²) in [4.78, 5) is 30.6. The smallest absolute Gasteiger partial charge is 0.250 e. The molecule has 1 saturated heterocycles. The first-order chi connectivity index (χ1) is 13.5. The molecule has 0 aromatic heterocycles. The SMILES string of the molecule is CC1(C(=O)N2CCN(Cc3ccccc3F)CC2)Sc2ccccc2NC1=O. The van der Waals surface area contributed by atoms with E-state index >= 15 is 0 Å². The van der Waals surface area contributed by atoms with Gasteiger partial charge in [0.1, 0.15) is 5.82 Å². The molecule has 146 valence electrons. The molecule has 0 bridgehead atoms. The third-order valence-corrected chi connectivity index (χ3v) is 6.65. The highest BCUT2D eigenvalue weighted by Crippen LogP contribution is 2.43. The van der Waals surface area contributed by atoms with Gasteiger partial charge < -0.3 is 10.2 Å². The molecule has 1 unspecified atom stereocenters. The maximum absolute atomic E-state index is 13.9. The van der Waals surface area contributed by atoms with Gasteiger partial charge in [-0.05, 0) is 25.1 Å². The lowest BCUT2D eigenvalue weighted by atomic mass is 10.1. The number of anilines is 1. The van der Waals surface area contributed by atoms with Crippen LogP contribution in [0.2, 0.25) is 0 Å². The maximum Gasteiger partial charge on any atom is 0.250 e. The van der Waals surface area contributed by atoms with Crippen LogP contribution in [0.15, 0.2) is 53.4 Å². The normalized spacial score (nSPS) is 22.5. The molecule has 0 aliphatic carbocycles. The summed E-state index contributed by atoms with van der Waals surface area (Å²) >= 11 is 1.31. The van der Waals surface area contributed by atoms with Crippen LogP contribution >= 0.6 is 11.8 Å². The summed E-state index contributed by atoms with van der Waals surface area (Å²) in [7, 11) is 0. The summed E-state index contributed by atoms with van der Waals surface area (Å²) in [6, 6.07) is 14.3. The van der Waals surface area contributed by atoms with Crippen LogP contribution in [0.1, 0.15) is 12.5 Å². The number of carbonyl (C=O) groups excluding carboxylic acids is 2. The number of rotatable bonds is 3. The number of benzene rings is 2. The van der Waals surface area contributed by atoms with Crippen molar-refractivity contribution in [1.82, 2.24) is 9.80 Å². The summed E-state index contributed by atoms with van der Waals surface area (Å²) in [5.41, 5.74) is 1.41. The van der Waals surface area contributed by atoms with Crippen LogP contribution in [-0.2, 0) is 16.1 Å². The highest BCUT2D eigenvalue weighted by atomic mass is 32.2. The molecule has 0 radical (unpaired) electrons. The van der Waals surface area contributed by atoms with Crippen molar-refractivity contribution in [1.29, 1.82) is 0 Å². The number of piperazine rings is 1. The summed E-state index contributed by atoms with van der Waals surface area (Å²) in [6.07, 6.45) is 0. The van der Waals surface area contributed by atoms with Gasteiger partial charge in [-0.25, -0.2) is 4.39 Å². The van der Waals surface area contributed by atoms with E-state index in [0.29, 0.717) is 38.3 Å². The molecular formula is C21H22FN3O2S. The third-order valence-electron chi connectivity index (χ3n) is 5.30. The Kier molecular flexibility index (Phi) is 5.12. The molecule has 28 heavy (non-hydrogen) atoms. The number of nitrogens with zero attached hydrogens (tertiary/aromatic N) is 2. The zero-order valence-corrected chi connectivity index (χ0v) is 16.5. The summed E-state index contributed by atoms with van der Waals surface area (Å²) in [5.74, 6) is -0.660. The quantitative estimate of drug-likeness (QED) is 0.807. The first-order valence-corrected chi connectivity index (χ1v) is 10.1. The van der Waals surface area contributed by atoms with Gasteiger partial charge in [-0.3, -0.25) is 14.5 Å². The lowest BCUT2D eigenvalue weighted by Crippen LogP contribution is -2.58. The van der Waals surface area contributed by atoms with Crippen LogP contribution in [0.25, 0.3) is 0 Å². The highest BCUT2D eigenvalue weighted by Gasteiger charge is 2.48. The number of halogens is 1. The number of hydrogen-bond acceptors (Lipinski definition) is 4. The van der Waals surface area contributed by atoms with Crippen molar-refractivity contribution in [3.05, 3.63) is 59.9 Å². The van der Waals surface area contributed by atoms with Gasteiger partial charge in [0, 0.05) is 43.2 Å². The standard InChI is InChI=1S/C21H22FN3O2S/c1-21(19(26)23-17-8-4-5-9-18(17)28-21)20(27)25-12-10-24(11-13-25)14-15-6-2-3-7-16(15)22/h2-9H,10-14H2,1H3,(H,23,26). The van der Waals surface area contributed by atoms with E-state index in [0.717, 1.165) is 10.6 Å². The van der Waals surface area contributed by atoms with Crippen molar-refractivity contribution in [2.75, 3.05) is 31.5 Å². The van der Waals surface area contributed by atoms with E-state index in [4.69, 9.17) is 0 Å². The van der Waals surface area contributed by atoms with Crippen LogP contribution in [0.4, 0.5) is 10.1 Å². The Labute approximate surface area is 167 Å². The molecule has 2 aliphatic rings. The second-order valence-electron chi connectivity index (χ2n) is 7.25. The van der Waals surface area contributed by atoms with Gasteiger partial charge in [0.05, 0.1) is 5.69 Å². The summed E-state index contributed by atoms with van der Waals surface area (Å²) < 4.78 is 12.7. The van der Waals surface area contributed by atoms with Gasteiger partial charge in [0.15, 0.2) is 4.75 Å². The van der Waals surface area contributed by atoms with E-state index in [1.807, 2.05) is 30.3 Å². The van der Waals surface area contributed by atoms with Gasteiger partial charge in [-0.1, -0.05) is 42.1 Å². The number of para-hydroxylation sites is 1. The molecule has 0 saturated carbocycles. The second kappa shape index (κ2) is 7.56. The molecule has 2 aromatic carbocycles. The molecule has 2 aliphatic heterocycles. The molecule has 1 atom stereocenters. The zero-order valence-electron chi connectivity index (χ0n) is 15.7. The molecule has 2 heterocycles. The minimum atomic E-state index is -1.18.